The predicted molar refractivity (Wildman–Crippen MR) is 125 cm³/mol. The second kappa shape index (κ2) is 9.08. The molecule has 5 nitrogen and oxygen atoms in total. The van der Waals surface area contributed by atoms with E-state index in [1.165, 1.54) is 16.9 Å². The smallest absolute Gasteiger partial charge is 0.237 e. The minimum Gasteiger partial charge on any atom is -0.286 e. The van der Waals surface area contributed by atoms with Gasteiger partial charge in [0.25, 0.3) is 0 Å². The molecule has 32 heavy (non-hydrogen) atoms. The standard InChI is InChI=1S/C26H21N4OS/c31-24(25-11-7-15-32-25)19-29-14-6-10-21(18-29)23-17-22(16-20-8-2-1-3-9-20)28-30(23)26-12-4-5-13-27-26/h1-15,17-18H,16,19H2/q+1. The number of pyridine rings is 2. The van der Waals surface area contributed by atoms with E-state index in [4.69, 9.17) is 5.10 Å². The minimum absolute atomic E-state index is 0.102. The van der Waals surface area contributed by atoms with Crippen LogP contribution in [0.3, 0.4) is 0 Å². The first-order chi connectivity index (χ1) is 15.8. The molecule has 0 spiro atoms. The van der Waals surface area contributed by atoms with Crippen LogP contribution in [0.1, 0.15) is 20.9 Å². The van der Waals surface area contributed by atoms with Crippen LogP contribution in [0.25, 0.3) is 17.1 Å². The first-order valence-corrected chi connectivity index (χ1v) is 11.2. The van der Waals surface area contributed by atoms with Gasteiger partial charge in [-0.15, -0.1) is 11.3 Å². The fourth-order valence-corrected chi connectivity index (χ4v) is 4.29. The zero-order valence-corrected chi connectivity index (χ0v) is 18.2. The second-order valence-corrected chi connectivity index (χ2v) is 8.40. The van der Waals surface area contributed by atoms with E-state index in [1.54, 1.807) is 6.20 Å². The molecule has 0 aliphatic carbocycles. The maximum atomic E-state index is 12.6. The van der Waals surface area contributed by atoms with Crippen molar-refractivity contribution in [2.45, 2.75) is 13.0 Å². The summed E-state index contributed by atoms with van der Waals surface area (Å²) in [6, 6.07) is 26.0. The van der Waals surface area contributed by atoms with Gasteiger partial charge < -0.3 is 0 Å². The van der Waals surface area contributed by atoms with E-state index in [2.05, 4.69) is 23.2 Å². The molecule has 0 fully saturated rings. The van der Waals surface area contributed by atoms with Gasteiger partial charge in [0.1, 0.15) is 0 Å². The summed E-state index contributed by atoms with van der Waals surface area (Å²) in [5.41, 5.74) is 4.08. The van der Waals surface area contributed by atoms with Crippen LogP contribution >= 0.6 is 11.3 Å². The lowest BCUT2D eigenvalue weighted by atomic mass is 10.1. The summed E-state index contributed by atoms with van der Waals surface area (Å²) in [5.74, 6) is 0.858. The predicted octanol–water partition coefficient (Wildman–Crippen LogP) is 4.76. The molecule has 0 saturated heterocycles. The lowest BCUT2D eigenvalue weighted by Crippen LogP contribution is -2.37. The lowest BCUT2D eigenvalue weighted by molar-refractivity contribution is -0.682. The van der Waals surface area contributed by atoms with Gasteiger partial charge in [0.05, 0.1) is 21.8 Å². The molecule has 0 N–H and O–H groups in total. The zero-order valence-electron chi connectivity index (χ0n) is 17.3. The molecule has 0 radical (unpaired) electrons. The fourth-order valence-electron chi connectivity index (χ4n) is 3.63. The highest BCUT2D eigenvalue weighted by Gasteiger charge is 2.18. The van der Waals surface area contributed by atoms with Gasteiger partial charge in [0, 0.05) is 18.7 Å². The van der Waals surface area contributed by atoms with Crippen molar-refractivity contribution in [3.05, 3.63) is 119 Å². The number of aromatic nitrogens is 4. The molecule has 5 aromatic rings. The highest BCUT2D eigenvalue weighted by Crippen LogP contribution is 2.23. The SMILES string of the molecule is O=C(C[n+]1cccc(-c2cc(Cc3ccccc3)nn2-c2ccccn2)c1)c1cccs1. The number of hydrogen-bond donors (Lipinski definition) is 0. The van der Waals surface area contributed by atoms with Crippen molar-refractivity contribution in [2.24, 2.45) is 0 Å². The van der Waals surface area contributed by atoms with Gasteiger partial charge in [-0.2, -0.15) is 9.67 Å². The zero-order chi connectivity index (χ0) is 21.8. The Bertz CT molecular complexity index is 1330. The van der Waals surface area contributed by atoms with Gasteiger partial charge in [-0.1, -0.05) is 42.5 Å². The fraction of sp³-hybridized carbons (Fsp3) is 0.0769. The number of thiophene rings is 1. The van der Waals surface area contributed by atoms with Crippen molar-refractivity contribution in [1.29, 1.82) is 0 Å². The third-order valence-electron chi connectivity index (χ3n) is 5.13. The number of Topliss-reactive ketones (excluding diaryl/α,β-unsaturated/α-hetero) is 1. The minimum atomic E-state index is 0.102. The van der Waals surface area contributed by atoms with Crippen LogP contribution in [0.5, 0.6) is 0 Å². The van der Waals surface area contributed by atoms with E-state index >= 15 is 0 Å². The molecule has 0 unspecified atom stereocenters. The van der Waals surface area contributed by atoms with E-state index < -0.39 is 0 Å². The molecular weight excluding hydrogens is 416 g/mol. The average Bonchev–Trinajstić information content (AvgIpc) is 3.51. The van der Waals surface area contributed by atoms with E-state index in [0.29, 0.717) is 6.54 Å². The molecule has 4 heterocycles. The topological polar surface area (TPSA) is 51.7 Å². The van der Waals surface area contributed by atoms with Gasteiger partial charge in [-0.3, -0.25) is 4.79 Å². The van der Waals surface area contributed by atoms with Crippen molar-refractivity contribution in [3.63, 3.8) is 0 Å². The molecule has 6 heteroatoms. The largest absolute Gasteiger partial charge is 0.286 e. The summed E-state index contributed by atoms with van der Waals surface area (Å²) >= 11 is 1.47. The molecule has 1 aromatic carbocycles. The van der Waals surface area contributed by atoms with Crippen LogP contribution in [0.4, 0.5) is 0 Å². The molecule has 0 aliphatic heterocycles. The third-order valence-corrected chi connectivity index (χ3v) is 6.04. The number of ketones is 1. The molecule has 0 atom stereocenters. The Morgan fingerprint density at radius 2 is 1.84 bits per heavy atom. The summed E-state index contributed by atoms with van der Waals surface area (Å²) in [6.07, 6.45) is 6.41. The number of carbonyl (C=O) groups excluding carboxylic acids is 1. The number of carbonyl (C=O) groups is 1. The van der Waals surface area contributed by atoms with Crippen LogP contribution in [-0.2, 0) is 13.0 Å². The molecule has 0 bridgehead atoms. The van der Waals surface area contributed by atoms with Gasteiger partial charge >= 0.3 is 0 Å². The van der Waals surface area contributed by atoms with Gasteiger partial charge in [-0.25, -0.2) is 9.67 Å². The number of nitrogens with zero attached hydrogens (tertiary/aromatic N) is 4. The van der Waals surface area contributed by atoms with Crippen LogP contribution in [0.2, 0.25) is 0 Å². The number of benzene rings is 1. The molecule has 4 aromatic heterocycles. The Morgan fingerprint density at radius 3 is 2.62 bits per heavy atom. The lowest BCUT2D eigenvalue weighted by Gasteiger charge is -2.06. The molecule has 5 rings (SSSR count). The summed E-state index contributed by atoms with van der Waals surface area (Å²) < 4.78 is 3.79. The van der Waals surface area contributed by atoms with Crippen molar-refractivity contribution >= 4 is 17.1 Å². The monoisotopic (exact) mass is 437 g/mol. The first-order valence-electron chi connectivity index (χ1n) is 10.4. The van der Waals surface area contributed by atoms with Crippen LogP contribution in [-0.4, -0.2) is 20.5 Å². The summed E-state index contributed by atoms with van der Waals surface area (Å²) in [7, 11) is 0. The Morgan fingerprint density at radius 1 is 0.969 bits per heavy atom. The summed E-state index contributed by atoms with van der Waals surface area (Å²) in [5, 5.41) is 6.79. The van der Waals surface area contributed by atoms with E-state index in [-0.39, 0.29) is 5.78 Å². The van der Waals surface area contributed by atoms with E-state index in [9.17, 15) is 4.79 Å². The van der Waals surface area contributed by atoms with E-state index in [1.807, 2.05) is 87.7 Å². The summed E-state index contributed by atoms with van der Waals surface area (Å²) in [4.78, 5) is 17.9. The maximum absolute atomic E-state index is 12.6. The first kappa shape index (κ1) is 20.0. The maximum Gasteiger partial charge on any atom is 0.237 e. The normalized spacial score (nSPS) is 10.9. The van der Waals surface area contributed by atoms with E-state index in [0.717, 1.165) is 34.1 Å². The highest BCUT2D eigenvalue weighted by molar-refractivity contribution is 7.12. The quantitative estimate of drug-likeness (QED) is 0.273. The third kappa shape index (κ3) is 4.40. The average molecular weight is 438 g/mol. The highest BCUT2D eigenvalue weighted by atomic mass is 32.1. The Kier molecular flexibility index (Phi) is 5.68. The number of hydrogen-bond acceptors (Lipinski definition) is 4. The summed E-state index contributed by atoms with van der Waals surface area (Å²) in [6.45, 7) is 0.295. The van der Waals surface area contributed by atoms with Gasteiger partial charge in [-0.05, 0) is 41.3 Å². The number of rotatable bonds is 7. The Hall–Kier alpha value is -3.90. The Labute approximate surface area is 190 Å². The van der Waals surface area contributed by atoms with Crippen molar-refractivity contribution in [1.82, 2.24) is 14.8 Å². The van der Waals surface area contributed by atoms with Gasteiger partial charge in [0.2, 0.25) is 12.3 Å². The van der Waals surface area contributed by atoms with Crippen molar-refractivity contribution < 1.29 is 9.36 Å². The molecule has 0 saturated carbocycles. The van der Waals surface area contributed by atoms with Crippen LogP contribution in [0.15, 0.2) is 103 Å². The van der Waals surface area contributed by atoms with Gasteiger partial charge in [0.15, 0.2) is 18.2 Å². The van der Waals surface area contributed by atoms with Crippen LogP contribution in [0, 0.1) is 0 Å². The van der Waals surface area contributed by atoms with Crippen LogP contribution < -0.4 is 4.57 Å². The molecular formula is C26H21N4OS+. The molecule has 156 valence electrons. The molecule has 0 amide bonds. The van der Waals surface area contributed by atoms with Crippen molar-refractivity contribution in [2.75, 3.05) is 0 Å². The van der Waals surface area contributed by atoms with Crippen molar-refractivity contribution in [3.8, 4) is 17.1 Å². The molecule has 0 aliphatic rings. The second-order valence-electron chi connectivity index (χ2n) is 7.45. The Balaban J connectivity index is 1.51.